The molecule has 2 aromatic carbocycles. The van der Waals surface area contributed by atoms with E-state index in [0.29, 0.717) is 29.3 Å². The van der Waals surface area contributed by atoms with E-state index in [2.05, 4.69) is 81.0 Å². The Kier molecular flexibility index (Phi) is 39.2. The van der Waals surface area contributed by atoms with Gasteiger partial charge in [0.15, 0.2) is 5.78 Å². The number of anilines is 1. The minimum atomic E-state index is -2.38. The van der Waals surface area contributed by atoms with Crippen molar-refractivity contribution in [1.29, 1.82) is 0 Å². The quantitative estimate of drug-likeness (QED) is 0.0115. The average molecular weight is 1620 g/mol. The molecule has 24 N–H and O–H groups in total. The number of nitrogens with one attached hydrogen (secondary N) is 14. The van der Waals surface area contributed by atoms with Crippen LogP contribution in [0.4, 0.5) is 5.69 Å². The number of carboxylic acids is 4. The van der Waals surface area contributed by atoms with Gasteiger partial charge in [0.05, 0.1) is 38.8 Å². The number of ketones is 1. The molecule has 4 rings (SSSR count). The number of unbranched alkanes of at least 4 members (excludes halogenated alkanes) is 6. The molecule has 115 heavy (non-hydrogen) atoms. The Morgan fingerprint density at radius 1 is 0.539 bits per heavy atom. The maximum absolute atomic E-state index is 14.9. The molecule has 1 aliphatic rings. The molecular formula is C73H103N17O25. The normalized spacial score (nSPS) is 21.2. The number of nitrogen functional groups attached to an aromatic ring is 1. The van der Waals surface area contributed by atoms with Crippen molar-refractivity contribution in [3.63, 3.8) is 0 Å². The van der Waals surface area contributed by atoms with Crippen molar-refractivity contribution in [2.75, 3.05) is 25.4 Å². The second kappa shape index (κ2) is 47.6. The lowest BCUT2D eigenvalue weighted by Gasteiger charge is -2.30. The summed E-state index contributed by atoms with van der Waals surface area (Å²) in [6.45, 7) is 3.77. The predicted octanol–water partition coefficient (Wildman–Crippen LogP) is -4.20. The molecule has 0 spiro atoms. The van der Waals surface area contributed by atoms with Crippen molar-refractivity contribution in [3.05, 3.63) is 65.9 Å². The van der Waals surface area contributed by atoms with Crippen LogP contribution in [0.1, 0.15) is 160 Å². The highest BCUT2D eigenvalue weighted by atomic mass is 16.5. The zero-order valence-electron chi connectivity index (χ0n) is 64.1. The van der Waals surface area contributed by atoms with E-state index in [1.807, 2.05) is 0 Å². The first-order chi connectivity index (χ1) is 54.3. The molecule has 1 saturated heterocycles. The number of para-hydroxylation sites is 2. The Balaban J connectivity index is 1.87. The number of ether oxygens (including phenoxy) is 1. The van der Waals surface area contributed by atoms with Crippen LogP contribution in [0.2, 0.25) is 0 Å². The van der Waals surface area contributed by atoms with E-state index in [1.165, 1.54) is 24.3 Å². The van der Waals surface area contributed by atoms with Gasteiger partial charge in [-0.25, -0.2) is 4.79 Å². The molecule has 1 fully saturated rings. The van der Waals surface area contributed by atoms with E-state index < -0.39 is 255 Å². The van der Waals surface area contributed by atoms with Crippen molar-refractivity contribution >= 4 is 135 Å². The number of aromatic amines is 1. The molecule has 1 unspecified atom stereocenters. The number of aliphatic carboxylic acids is 4. The van der Waals surface area contributed by atoms with Gasteiger partial charge < -0.3 is 116 Å². The topological polar surface area (TPSA) is 682 Å². The van der Waals surface area contributed by atoms with Crippen LogP contribution in [-0.4, -0.2) is 236 Å². The number of primary amides is 1. The summed E-state index contributed by atoms with van der Waals surface area (Å²) in [6, 6.07) is -9.30. The summed E-state index contributed by atoms with van der Waals surface area (Å²) in [5.74, 6) is -28.2. The first-order valence-electron chi connectivity index (χ1n) is 37.2. The van der Waals surface area contributed by atoms with E-state index in [9.17, 15) is 116 Å². The van der Waals surface area contributed by atoms with Crippen LogP contribution in [0.15, 0.2) is 54.7 Å². The van der Waals surface area contributed by atoms with Crippen LogP contribution < -0.4 is 86.3 Å². The third-order valence-electron chi connectivity index (χ3n) is 18.1. The maximum Gasteiger partial charge on any atom is 0.329 e. The molecule has 0 bridgehead atoms. The van der Waals surface area contributed by atoms with Crippen molar-refractivity contribution in [2.45, 2.75) is 223 Å². The summed E-state index contributed by atoms with van der Waals surface area (Å²) in [5.41, 5.74) is 18.2. The third kappa shape index (κ3) is 32.9. The fourth-order valence-corrected chi connectivity index (χ4v) is 11.8. The Hall–Kier alpha value is -12.7. The number of hydrogen-bond donors (Lipinski definition) is 21. The minimum absolute atomic E-state index is 0.00394. The lowest BCUT2D eigenvalue weighted by Crippen LogP contribution is -2.61. The lowest BCUT2D eigenvalue weighted by molar-refractivity contribution is -0.156. The molecule has 630 valence electrons. The molecule has 0 saturated carbocycles. The summed E-state index contributed by atoms with van der Waals surface area (Å²) in [6.07, 6.45) is -2.34. The third-order valence-corrected chi connectivity index (χ3v) is 18.1. The van der Waals surface area contributed by atoms with E-state index in [4.69, 9.17) is 21.9 Å². The Morgan fingerprint density at radius 2 is 1.10 bits per heavy atom. The Labute approximate surface area is 659 Å². The summed E-state index contributed by atoms with van der Waals surface area (Å²) >= 11 is 0. The fourth-order valence-electron chi connectivity index (χ4n) is 11.8. The number of carboxylic acid groups (broad SMARTS) is 4. The number of nitrogens with two attached hydrogens (primary N) is 3. The average Bonchev–Trinajstić information content (AvgIpc) is 1.66. The highest BCUT2D eigenvalue weighted by molar-refractivity contribution is 6.05. The van der Waals surface area contributed by atoms with Gasteiger partial charge >= 0.3 is 29.8 Å². The molecule has 42 heteroatoms. The number of Topliss-reactive ketones (excluding diaryl/α,β-unsaturated/α-hetero) is 1. The molecule has 14 amide bonds. The minimum Gasteiger partial charge on any atom is -0.481 e. The molecule has 42 nitrogen and oxygen atoms in total. The van der Waals surface area contributed by atoms with Crippen LogP contribution in [0.25, 0.3) is 10.9 Å². The number of rotatable bonds is 35. The number of H-pyrrole nitrogens is 1. The van der Waals surface area contributed by atoms with E-state index >= 15 is 0 Å². The van der Waals surface area contributed by atoms with E-state index in [0.717, 1.165) is 59.8 Å². The van der Waals surface area contributed by atoms with Crippen LogP contribution >= 0.6 is 0 Å². The van der Waals surface area contributed by atoms with Gasteiger partial charge in [0.25, 0.3) is 0 Å². The molecule has 3 aromatic rings. The maximum atomic E-state index is 14.9. The van der Waals surface area contributed by atoms with Gasteiger partial charge in [-0.3, -0.25) is 91.1 Å². The SMILES string of the molecule is CCCCCCCCCC(=O)N[C@@H](Cc1c[nH]c2ccccc12)C(=O)N[C@H](CC(N)=O)C(=O)N[C@@H](CCC(=O)O)C(=O)N[C@@H]1C(=O)NCC(=O)N[C@@H](CCCN)C(=O)N[C@@H](CC(=O)O)C(=O)N[C@H](C)C(=O)N[C@@H](CC(=O)O)C(=O)NCC(=O)N[C@H](C)C(=O)N[C@@H](C(C)CC(=O)O)C(=O)N[C@H](CC(=O)c2ccccc2N)C(=O)O[C@@H]1C. The van der Waals surface area contributed by atoms with Crippen molar-refractivity contribution in [3.8, 4) is 0 Å². The number of carbonyl (C=O) groups excluding carboxylic acids is 16. The Bertz CT molecular complexity index is 4040. The van der Waals surface area contributed by atoms with Crippen LogP contribution in [0, 0.1) is 5.92 Å². The molecule has 0 radical (unpaired) electrons. The number of benzene rings is 2. The smallest absolute Gasteiger partial charge is 0.329 e. The standard InChI is InChI=1S/C73H103N17O25/c1-6-7-8-9-10-11-12-23-54(93)83-47(28-40-33-77-44-21-16-14-18-41(40)44)69(110)86-48(30-53(76)92)70(111)84-46(24-25-57(96)97)67(108)90-62-39(5)115-73(114)51(29-52(91)42-19-13-15-20-43(42)75)88-72(113)61(36(2)27-58(98)99)89-64(105)37(3)80-55(94)34-78-65(106)49(31-59(100)101)85-63(104)38(4)81-68(109)50(32-60(102)103)87-66(107)45(22-17-26-74)82-56(95)35-79-71(62)112/h13-16,18-21,33,36-39,45-51,61-62,77H,6-12,17,22-32,34-35,74-75H2,1-5H3,(H2,76,92)(H,78,106)(H,79,112)(H,80,94)(H,81,109)(H,82,95)(H,83,93)(H,84,111)(H,85,104)(H,86,110)(H,87,107)(H,88,113)(H,89,105)(H,90,108)(H,96,97)(H,98,99)(H,100,101)(H,102,103)/t36?,37-,38-,39-,45+,46+,47+,48-,49+,50+,51-,61+,62+/m1/s1. The molecule has 2 heterocycles. The first-order valence-corrected chi connectivity index (χ1v) is 37.2. The Morgan fingerprint density at radius 3 is 1.72 bits per heavy atom. The number of fused-ring (bicyclic) bond motifs is 1. The van der Waals surface area contributed by atoms with Gasteiger partial charge in [-0.1, -0.05) is 82.7 Å². The zero-order valence-corrected chi connectivity index (χ0v) is 64.1. The summed E-state index contributed by atoms with van der Waals surface area (Å²) in [7, 11) is 0. The molecule has 0 aliphatic carbocycles. The first kappa shape index (κ1) is 94.7. The van der Waals surface area contributed by atoms with Gasteiger partial charge in [0, 0.05) is 54.0 Å². The molecule has 1 aliphatic heterocycles. The second-order valence-electron chi connectivity index (χ2n) is 27.6. The fraction of sp³-hybridized carbons (Fsp3) is 0.534. The zero-order chi connectivity index (χ0) is 85.8. The van der Waals surface area contributed by atoms with Gasteiger partial charge in [-0.05, 0) is 82.7 Å². The highest BCUT2D eigenvalue weighted by Gasteiger charge is 2.41. The van der Waals surface area contributed by atoms with Crippen LogP contribution in [0.3, 0.4) is 0 Å². The number of hydrogen-bond acceptors (Lipinski definition) is 23. The van der Waals surface area contributed by atoms with Gasteiger partial charge in [0.2, 0.25) is 82.7 Å². The van der Waals surface area contributed by atoms with Crippen molar-refractivity contribution < 1.29 is 121 Å². The highest BCUT2D eigenvalue weighted by Crippen LogP contribution is 2.22. The van der Waals surface area contributed by atoms with E-state index in [1.54, 1.807) is 30.5 Å². The summed E-state index contributed by atoms with van der Waals surface area (Å²) in [4.78, 5) is 276. The summed E-state index contributed by atoms with van der Waals surface area (Å²) in [5, 5.41) is 68.9. The van der Waals surface area contributed by atoms with Crippen molar-refractivity contribution in [2.24, 2.45) is 17.4 Å². The van der Waals surface area contributed by atoms with Gasteiger partial charge in [-0.2, -0.15) is 0 Å². The molecule has 13 atom stereocenters. The van der Waals surface area contributed by atoms with Crippen molar-refractivity contribution in [1.82, 2.24) is 74.1 Å². The number of aromatic nitrogens is 1. The van der Waals surface area contributed by atoms with Gasteiger partial charge in [0.1, 0.15) is 72.6 Å². The monoisotopic (exact) mass is 1620 g/mol. The number of amides is 14. The number of carbonyl (C=O) groups is 20. The lowest BCUT2D eigenvalue weighted by atomic mass is 9.96. The summed E-state index contributed by atoms with van der Waals surface area (Å²) < 4.78 is 5.74. The second-order valence-corrected chi connectivity index (χ2v) is 27.6. The van der Waals surface area contributed by atoms with Crippen LogP contribution in [0.5, 0.6) is 0 Å². The van der Waals surface area contributed by atoms with E-state index in [-0.39, 0.29) is 43.5 Å². The van der Waals surface area contributed by atoms with Crippen LogP contribution in [-0.2, 0) is 102 Å². The largest absolute Gasteiger partial charge is 0.481 e. The number of cyclic esters (lactones) is 1. The molecular weight excluding hydrogens is 1510 g/mol. The number of esters is 1. The predicted molar refractivity (Wildman–Crippen MR) is 403 cm³/mol. The molecule has 1 aromatic heterocycles. The van der Waals surface area contributed by atoms with Gasteiger partial charge in [-0.15, -0.1) is 0 Å².